The van der Waals surface area contributed by atoms with E-state index in [1.807, 2.05) is 18.5 Å². The molecule has 0 bridgehead atoms. The maximum Gasteiger partial charge on any atom is 0.192 e. The molecular formula is C25H39N7. The highest BCUT2D eigenvalue weighted by molar-refractivity contribution is 5.80. The van der Waals surface area contributed by atoms with Crippen molar-refractivity contribution >= 4 is 5.96 Å². The summed E-state index contributed by atoms with van der Waals surface area (Å²) in [4.78, 5) is 7.51. The highest BCUT2D eigenvalue weighted by Crippen LogP contribution is 2.24. The first-order chi connectivity index (χ1) is 15.6. The Labute approximate surface area is 192 Å². The summed E-state index contributed by atoms with van der Waals surface area (Å²) in [5.74, 6) is 2.76. The number of hydrogen-bond donors (Lipinski definition) is 2. The predicted molar refractivity (Wildman–Crippen MR) is 129 cm³/mol. The van der Waals surface area contributed by atoms with E-state index in [-0.39, 0.29) is 0 Å². The van der Waals surface area contributed by atoms with Gasteiger partial charge in [0.05, 0.1) is 0 Å². The fourth-order valence-corrected chi connectivity index (χ4v) is 4.88. The summed E-state index contributed by atoms with van der Waals surface area (Å²) in [6.45, 7) is 7.05. The van der Waals surface area contributed by atoms with Crippen LogP contribution in [0.5, 0.6) is 0 Å². The Morgan fingerprint density at radius 3 is 2.28 bits per heavy atom. The molecule has 1 atom stereocenters. The van der Waals surface area contributed by atoms with E-state index < -0.39 is 0 Å². The molecule has 2 aliphatic rings. The molecule has 174 valence electrons. The van der Waals surface area contributed by atoms with E-state index in [1.165, 1.54) is 37.7 Å². The van der Waals surface area contributed by atoms with Crippen molar-refractivity contribution in [1.29, 1.82) is 0 Å². The van der Waals surface area contributed by atoms with Gasteiger partial charge in [-0.15, -0.1) is 10.2 Å². The van der Waals surface area contributed by atoms with Gasteiger partial charge < -0.3 is 15.2 Å². The van der Waals surface area contributed by atoms with Crippen LogP contribution < -0.4 is 10.6 Å². The second-order valence-electron chi connectivity index (χ2n) is 9.41. The Morgan fingerprint density at radius 2 is 1.66 bits per heavy atom. The lowest BCUT2D eigenvalue weighted by atomic mass is 9.95. The number of nitrogens with one attached hydrogen (secondary N) is 2. The van der Waals surface area contributed by atoms with E-state index in [2.05, 4.69) is 63.0 Å². The number of aromatic nitrogens is 3. The molecule has 7 nitrogen and oxygen atoms in total. The Morgan fingerprint density at radius 1 is 1.00 bits per heavy atom. The molecule has 32 heavy (non-hydrogen) atoms. The van der Waals surface area contributed by atoms with E-state index >= 15 is 0 Å². The number of piperidine rings is 1. The average Bonchev–Trinajstić information content (AvgIpc) is 3.16. The van der Waals surface area contributed by atoms with Crippen LogP contribution >= 0.6 is 0 Å². The smallest absolute Gasteiger partial charge is 0.192 e. The SMILES string of the molecule is Cc1nnc(CN=C(NC2CCCCC2)NC2CCN(C(C)c3ccccc3)CC2)n1C. The fraction of sp³-hybridized carbons (Fsp3) is 0.640. The minimum atomic E-state index is 0.449. The van der Waals surface area contributed by atoms with Gasteiger partial charge in [0.1, 0.15) is 12.4 Å². The van der Waals surface area contributed by atoms with Crippen LogP contribution in [0, 0.1) is 6.92 Å². The van der Waals surface area contributed by atoms with Crippen molar-refractivity contribution < 1.29 is 0 Å². The van der Waals surface area contributed by atoms with Gasteiger partial charge in [-0.25, -0.2) is 4.99 Å². The number of likely N-dealkylation sites (tertiary alicyclic amines) is 1. The summed E-state index contributed by atoms with van der Waals surface area (Å²) in [5.41, 5.74) is 1.40. The first-order valence-electron chi connectivity index (χ1n) is 12.3. The van der Waals surface area contributed by atoms with Gasteiger partial charge in [-0.3, -0.25) is 4.90 Å². The first kappa shape index (κ1) is 22.8. The van der Waals surface area contributed by atoms with Crippen molar-refractivity contribution in [3.05, 3.63) is 47.5 Å². The van der Waals surface area contributed by atoms with Crippen molar-refractivity contribution in [2.75, 3.05) is 13.1 Å². The number of aliphatic imine (C=N–C) groups is 1. The van der Waals surface area contributed by atoms with Crippen LogP contribution in [-0.4, -0.2) is 50.8 Å². The highest BCUT2D eigenvalue weighted by atomic mass is 15.3. The van der Waals surface area contributed by atoms with Crippen molar-refractivity contribution in [3.8, 4) is 0 Å². The fourth-order valence-electron chi connectivity index (χ4n) is 4.88. The van der Waals surface area contributed by atoms with Crippen LogP contribution in [0.1, 0.15) is 75.1 Å². The van der Waals surface area contributed by atoms with Crippen LogP contribution in [0.25, 0.3) is 0 Å². The maximum absolute atomic E-state index is 4.92. The van der Waals surface area contributed by atoms with Crippen LogP contribution in [0.4, 0.5) is 0 Å². The molecule has 2 N–H and O–H groups in total. The van der Waals surface area contributed by atoms with Gasteiger partial charge in [0.15, 0.2) is 11.8 Å². The molecule has 1 aliphatic heterocycles. The Balaban J connectivity index is 1.36. The van der Waals surface area contributed by atoms with Crippen molar-refractivity contribution in [2.45, 2.75) is 83.5 Å². The van der Waals surface area contributed by atoms with Crippen molar-refractivity contribution in [1.82, 2.24) is 30.3 Å². The molecule has 1 aromatic heterocycles. The molecule has 2 heterocycles. The maximum atomic E-state index is 4.92. The van der Waals surface area contributed by atoms with Crippen LogP contribution in [0.2, 0.25) is 0 Å². The normalized spacial score (nSPS) is 20.3. The number of hydrogen-bond acceptors (Lipinski definition) is 4. The van der Waals surface area contributed by atoms with Gasteiger partial charge in [-0.1, -0.05) is 49.6 Å². The molecule has 0 spiro atoms. The zero-order valence-electron chi connectivity index (χ0n) is 19.9. The third-order valence-electron chi connectivity index (χ3n) is 7.21. The lowest BCUT2D eigenvalue weighted by Gasteiger charge is -2.37. The lowest BCUT2D eigenvalue weighted by molar-refractivity contribution is 0.158. The quantitative estimate of drug-likeness (QED) is 0.532. The van der Waals surface area contributed by atoms with Gasteiger partial charge >= 0.3 is 0 Å². The van der Waals surface area contributed by atoms with Gasteiger partial charge in [-0.05, 0) is 45.1 Å². The average molecular weight is 438 g/mol. The molecule has 1 saturated heterocycles. The summed E-state index contributed by atoms with van der Waals surface area (Å²) in [5, 5.41) is 15.9. The molecule has 0 amide bonds. The molecular weight excluding hydrogens is 398 g/mol. The lowest BCUT2D eigenvalue weighted by Crippen LogP contribution is -2.51. The third kappa shape index (κ3) is 5.88. The number of benzene rings is 1. The van der Waals surface area contributed by atoms with Crippen molar-refractivity contribution in [3.63, 3.8) is 0 Å². The van der Waals surface area contributed by atoms with Gasteiger partial charge in [0, 0.05) is 38.3 Å². The highest BCUT2D eigenvalue weighted by Gasteiger charge is 2.25. The van der Waals surface area contributed by atoms with Crippen LogP contribution in [0.3, 0.4) is 0 Å². The molecule has 4 rings (SSSR count). The van der Waals surface area contributed by atoms with E-state index in [0.29, 0.717) is 24.7 Å². The summed E-state index contributed by atoms with van der Waals surface area (Å²) < 4.78 is 2.02. The third-order valence-corrected chi connectivity index (χ3v) is 7.21. The zero-order valence-corrected chi connectivity index (χ0v) is 19.9. The number of rotatable bonds is 6. The largest absolute Gasteiger partial charge is 0.354 e. The molecule has 1 aliphatic carbocycles. The monoisotopic (exact) mass is 437 g/mol. The summed E-state index contributed by atoms with van der Waals surface area (Å²) in [7, 11) is 2.01. The number of aryl methyl sites for hydroxylation is 1. The van der Waals surface area contributed by atoms with E-state index in [0.717, 1.165) is 43.5 Å². The minimum absolute atomic E-state index is 0.449. The standard InChI is InChI=1S/C25H39N7/c1-19(21-10-6-4-7-11-21)32-16-14-23(15-17-32)28-25(27-22-12-8-5-9-13-22)26-18-24-30-29-20(2)31(24)3/h4,6-7,10-11,19,22-23H,5,8-9,12-18H2,1-3H3,(H2,26,27,28). The van der Waals surface area contributed by atoms with Crippen LogP contribution in [0.15, 0.2) is 35.3 Å². The molecule has 2 aromatic rings. The van der Waals surface area contributed by atoms with Gasteiger partial charge in [0.2, 0.25) is 0 Å². The Kier molecular flexibility index (Phi) is 7.79. The van der Waals surface area contributed by atoms with Gasteiger partial charge in [0.25, 0.3) is 0 Å². The second-order valence-corrected chi connectivity index (χ2v) is 9.41. The molecule has 1 aromatic carbocycles. The predicted octanol–water partition coefficient (Wildman–Crippen LogP) is 3.72. The van der Waals surface area contributed by atoms with Crippen LogP contribution in [-0.2, 0) is 13.6 Å². The molecule has 7 heteroatoms. The molecule has 2 fully saturated rings. The van der Waals surface area contributed by atoms with Crippen molar-refractivity contribution in [2.24, 2.45) is 12.0 Å². The molecule has 1 saturated carbocycles. The summed E-state index contributed by atoms with van der Waals surface area (Å²) >= 11 is 0. The van der Waals surface area contributed by atoms with E-state index in [4.69, 9.17) is 4.99 Å². The van der Waals surface area contributed by atoms with Gasteiger partial charge in [-0.2, -0.15) is 0 Å². The van der Waals surface area contributed by atoms with E-state index in [9.17, 15) is 0 Å². The zero-order chi connectivity index (χ0) is 22.3. The Hall–Kier alpha value is -2.41. The number of nitrogens with zero attached hydrogens (tertiary/aromatic N) is 5. The molecule has 0 radical (unpaired) electrons. The Bertz CT molecular complexity index is 862. The topological polar surface area (TPSA) is 70.4 Å². The second kappa shape index (κ2) is 10.9. The molecule has 1 unspecified atom stereocenters. The number of guanidine groups is 1. The minimum Gasteiger partial charge on any atom is -0.354 e. The van der Waals surface area contributed by atoms with E-state index in [1.54, 1.807) is 0 Å². The summed E-state index contributed by atoms with van der Waals surface area (Å²) in [6, 6.07) is 12.3. The summed E-state index contributed by atoms with van der Waals surface area (Å²) in [6.07, 6.45) is 8.70. The first-order valence-corrected chi connectivity index (χ1v) is 12.3.